The predicted octanol–water partition coefficient (Wildman–Crippen LogP) is 2.39. The van der Waals surface area contributed by atoms with Crippen molar-refractivity contribution in [2.45, 2.75) is 31.5 Å². The fraction of sp³-hybridized carbons (Fsp3) is 0.471. The van der Waals surface area contributed by atoms with Crippen molar-refractivity contribution in [1.29, 1.82) is 0 Å². The summed E-state index contributed by atoms with van der Waals surface area (Å²) in [7, 11) is -3.27. The van der Waals surface area contributed by atoms with Gasteiger partial charge in [0.1, 0.15) is 11.5 Å². The van der Waals surface area contributed by atoms with E-state index in [4.69, 9.17) is 16.3 Å². The maximum atomic E-state index is 12.6. The second-order valence-corrected chi connectivity index (χ2v) is 9.51. The molecular weight excluding hydrogens is 451 g/mol. The fourth-order valence-corrected chi connectivity index (χ4v) is 4.93. The first kappa shape index (κ1) is 22.3. The number of nitrogens with zero attached hydrogens (tertiary/aromatic N) is 2. The molecular formula is C17H17ClF3N3O5S. The summed E-state index contributed by atoms with van der Waals surface area (Å²) in [6.07, 6.45) is -4.40. The average molecular weight is 468 g/mol. The van der Waals surface area contributed by atoms with Gasteiger partial charge in [-0.2, -0.15) is 18.3 Å². The van der Waals surface area contributed by atoms with E-state index in [0.29, 0.717) is 0 Å². The van der Waals surface area contributed by atoms with Crippen LogP contribution in [-0.2, 0) is 19.4 Å². The quantitative estimate of drug-likeness (QED) is 0.716. The highest BCUT2D eigenvalue weighted by molar-refractivity contribution is 7.91. The SMILES string of the molecule is O=C(Nc1cc(Cl)ccc1OCC(F)(F)F)C1=NN(C2CCS(=O)(=O)C2)C(=O)CC1. The third-order valence-corrected chi connectivity index (χ3v) is 6.44. The minimum absolute atomic E-state index is 0.0000556. The maximum Gasteiger partial charge on any atom is 0.422 e. The van der Waals surface area contributed by atoms with Crippen molar-refractivity contribution in [1.82, 2.24) is 5.01 Å². The van der Waals surface area contributed by atoms with Crippen LogP contribution < -0.4 is 10.1 Å². The summed E-state index contributed by atoms with van der Waals surface area (Å²) in [6, 6.07) is 3.07. The van der Waals surface area contributed by atoms with Gasteiger partial charge in [0.25, 0.3) is 5.91 Å². The van der Waals surface area contributed by atoms with E-state index >= 15 is 0 Å². The number of carbonyl (C=O) groups excluding carboxylic acids is 2. The number of halogens is 4. The van der Waals surface area contributed by atoms with Gasteiger partial charge in [0.15, 0.2) is 16.4 Å². The Morgan fingerprint density at radius 2 is 2.07 bits per heavy atom. The normalized spacial score (nSPS) is 21.3. The second kappa shape index (κ2) is 8.42. The molecule has 0 saturated carbocycles. The average Bonchev–Trinajstić information content (AvgIpc) is 3.00. The number of anilines is 1. The second-order valence-electron chi connectivity index (χ2n) is 6.84. The molecule has 2 heterocycles. The number of hydrogen-bond acceptors (Lipinski definition) is 6. The molecule has 1 fully saturated rings. The monoisotopic (exact) mass is 467 g/mol. The first-order valence-electron chi connectivity index (χ1n) is 8.84. The summed E-state index contributed by atoms with van der Waals surface area (Å²) in [4.78, 5) is 24.8. The zero-order chi connectivity index (χ0) is 22.1. The number of rotatable bonds is 5. The van der Waals surface area contributed by atoms with Crippen molar-refractivity contribution in [2.75, 3.05) is 23.4 Å². The van der Waals surface area contributed by atoms with Crippen LogP contribution in [0.4, 0.5) is 18.9 Å². The number of hydrogen-bond donors (Lipinski definition) is 1. The van der Waals surface area contributed by atoms with E-state index in [9.17, 15) is 31.2 Å². The molecule has 2 aliphatic heterocycles. The molecule has 1 aromatic carbocycles. The van der Waals surface area contributed by atoms with Crippen LogP contribution in [0, 0.1) is 0 Å². The van der Waals surface area contributed by atoms with Crippen molar-refractivity contribution in [2.24, 2.45) is 5.10 Å². The number of benzene rings is 1. The van der Waals surface area contributed by atoms with Crippen LogP contribution in [0.2, 0.25) is 5.02 Å². The predicted molar refractivity (Wildman–Crippen MR) is 102 cm³/mol. The molecule has 2 aliphatic rings. The smallest absolute Gasteiger partial charge is 0.422 e. The Hall–Kier alpha value is -2.34. The van der Waals surface area contributed by atoms with Gasteiger partial charge in [-0.1, -0.05) is 11.6 Å². The lowest BCUT2D eigenvalue weighted by atomic mass is 10.1. The number of carbonyl (C=O) groups is 2. The van der Waals surface area contributed by atoms with Gasteiger partial charge in [0, 0.05) is 17.9 Å². The summed E-state index contributed by atoms with van der Waals surface area (Å²) in [5, 5.41) is 7.58. The van der Waals surface area contributed by atoms with Crippen LogP contribution in [0.25, 0.3) is 0 Å². The van der Waals surface area contributed by atoms with Crippen molar-refractivity contribution >= 4 is 44.7 Å². The molecule has 2 amide bonds. The molecule has 1 aromatic rings. The number of ether oxygens (including phenoxy) is 1. The third kappa shape index (κ3) is 5.63. The highest BCUT2D eigenvalue weighted by Crippen LogP contribution is 2.30. The van der Waals surface area contributed by atoms with Crippen LogP contribution in [0.15, 0.2) is 23.3 Å². The largest absolute Gasteiger partial charge is 0.482 e. The van der Waals surface area contributed by atoms with Crippen LogP contribution in [0.3, 0.4) is 0 Å². The molecule has 0 aliphatic carbocycles. The van der Waals surface area contributed by atoms with Gasteiger partial charge in [0.05, 0.1) is 23.2 Å². The Labute approximate surface area is 174 Å². The number of hydrazone groups is 1. The van der Waals surface area contributed by atoms with Crippen LogP contribution in [0.5, 0.6) is 5.75 Å². The first-order chi connectivity index (χ1) is 13.9. The minimum atomic E-state index is -4.57. The summed E-state index contributed by atoms with van der Waals surface area (Å²) >= 11 is 5.86. The first-order valence-corrected chi connectivity index (χ1v) is 11.0. The fourth-order valence-electron chi connectivity index (χ4n) is 3.07. The molecule has 1 atom stereocenters. The van der Waals surface area contributed by atoms with Crippen molar-refractivity contribution in [3.05, 3.63) is 23.2 Å². The number of nitrogens with one attached hydrogen (secondary N) is 1. The van der Waals surface area contributed by atoms with E-state index < -0.39 is 40.5 Å². The standard InChI is InChI=1S/C17H17ClF3N3O5S/c18-10-1-3-14(29-9-17(19,20)21)13(7-10)22-16(26)12-2-4-15(25)24(23-12)11-5-6-30(27,28)8-11/h1,3,7,11H,2,4-6,8-9H2,(H,22,26). The zero-order valence-electron chi connectivity index (χ0n) is 15.4. The van der Waals surface area contributed by atoms with Crippen molar-refractivity contribution < 1.29 is 35.9 Å². The van der Waals surface area contributed by atoms with Gasteiger partial charge < -0.3 is 10.1 Å². The van der Waals surface area contributed by atoms with Crippen molar-refractivity contribution in [3.63, 3.8) is 0 Å². The Balaban J connectivity index is 1.77. The Morgan fingerprint density at radius 3 is 2.70 bits per heavy atom. The zero-order valence-corrected chi connectivity index (χ0v) is 17.0. The summed E-state index contributed by atoms with van der Waals surface area (Å²) < 4.78 is 65.4. The Kier molecular flexibility index (Phi) is 6.27. The molecule has 0 bridgehead atoms. The number of amides is 2. The van der Waals surface area contributed by atoms with Gasteiger partial charge in [-0.3, -0.25) is 9.59 Å². The van der Waals surface area contributed by atoms with E-state index in [1.54, 1.807) is 0 Å². The molecule has 164 valence electrons. The highest BCUT2D eigenvalue weighted by atomic mass is 35.5. The number of sulfone groups is 1. The maximum absolute atomic E-state index is 12.6. The lowest BCUT2D eigenvalue weighted by Gasteiger charge is -2.27. The third-order valence-electron chi connectivity index (χ3n) is 4.46. The van der Waals surface area contributed by atoms with Gasteiger partial charge in [-0.05, 0) is 24.6 Å². The summed E-state index contributed by atoms with van der Waals surface area (Å²) in [5.41, 5.74) is -0.146. The Morgan fingerprint density at radius 1 is 1.33 bits per heavy atom. The molecule has 0 radical (unpaired) electrons. The van der Waals surface area contributed by atoms with E-state index in [1.165, 1.54) is 18.2 Å². The molecule has 0 spiro atoms. The van der Waals surface area contributed by atoms with E-state index in [2.05, 4.69) is 10.4 Å². The lowest BCUT2D eigenvalue weighted by Crippen LogP contribution is -2.42. The number of alkyl halides is 3. The van der Waals surface area contributed by atoms with Crippen LogP contribution in [-0.4, -0.2) is 61.3 Å². The minimum Gasteiger partial charge on any atom is -0.482 e. The molecule has 13 heteroatoms. The molecule has 1 saturated heterocycles. The van der Waals surface area contributed by atoms with Gasteiger partial charge in [0.2, 0.25) is 5.91 Å². The molecule has 1 N–H and O–H groups in total. The van der Waals surface area contributed by atoms with Crippen molar-refractivity contribution in [3.8, 4) is 5.75 Å². The highest BCUT2D eigenvalue weighted by Gasteiger charge is 2.37. The van der Waals surface area contributed by atoms with Crippen LogP contribution in [0.1, 0.15) is 19.3 Å². The topological polar surface area (TPSA) is 105 Å². The lowest BCUT2D eigenvalue weighted by molar-refractivity contribution is -0.153. The van der Waals surface area contributed by atoms with Gasteiger partial charge in [-0.25, -0.2) is 13.4 Å². The molecule has 8 nitrogen and oxygen atoms in total. The van der Waals surface area contributed by atoms with Crippen LogP contribution >= 0.6 is 11.6 Å². The van der Waals surface area contributed by atoms with E-state index in [-0.39, 0.29) is 52.9 Å². The molecule has 1 unspecified atom stereocenters. The molecule has 30 heavy (non-hydrogen) atoms. The molecule has 3 rings (SSSR count). The van der Waals surface area contributed by atoms with Gasteiger partial charge in [-0.15, -0.1) is 0 Å². The summed E-state index contributed by atoms with van der Waals surface area (Å²) in [5.74, 6) is -1.70. The van der Waals surface area contributed by atoms with Gasteiger partial charge >= 0.3 is 6.18 Å². The van der Waals surface area contributed by atoms with E-state index in [0.717, 1.165) is 5.01 Å². The summed E-state index contributed by atoms with van der Waals surface area (Å²) in [6.45, 7) is -1.56. The molecule has 0 aromatic heterocycles. The Bertz CT molecular complexity index is 997. The van der Waals surface area contributed by atoms with E-state index in [1.807, 2.05) is 0 Å².